The molecule has 5 nitrogen and oxygen atoms in total. The molecule has 6 heteroatoms. The fourth-order valence-corrected chi connectivity index (χ4v) is 2.90. The van der Waals surface area contributed by atoms with Crippen molar-refractivity contribution in [2.75, 3.05) is 26.7 Å². The zero-order chi connectivity index (χ0) is 18.5. The zero-order valence-electron chi connectivity index (χ0n) is 15.0. The second-order valence-corrected chi connectivity index (χ2v) is 6.39. The van der Waals surface area contributed by atoms with Gasteiger partial charge in [0.25, 0.3) is 0 Å². The maximum Gasteiger partial charge on any atom is 0.250 e. The first kappa shape index (κ1) is 18.4. The van der Waals surface area contributed by atoms with Crippen LogP contribution in [-0.2, 0) is 16.1 Å². The summed E-state index contributed by atoms with van der Waals surface area (Å²) in [5, 5.41) is 2.62. The van der Waals surface area contributed by atoms with Gasteiger partial charge in [0.2, 0.25) is 5.91 Å². The number of amides is 1. The van der Waals surface area contributed by atoms with Crippen LogP contribution >= 0.6 is 0 Å². The largest absolute Gasteiger partial charge is 0.454 e. The van der Waals surface area contributed by atoms with E-state index in [2.05, 4.69) is 10.2 Å². The minimum Gasteiger partial charge on any atom is -0.454 e. The summed E-state index contributed by atoms with van der Waals surface area (Å²) < 4.78 is 25.0. The van der Waals surface area contributed by atoms with Crippen molar-refractivity contribution in [3.05, 3.63) is 59.4 Å². The molecule has 1 saturated heterocycles. The van der Waals surface area contributed by atoms with Crippen molar-refractivity contribution in [2.24, 2.45) is 0 Å². The molecule has 0 aliphatic carbocycles. The van der Waals surface area contributed by atoms with Gasteiger partial charge in [-0.2, -0.15) is 0 Å². The molecule has 1 atom stereocenters. The SMILES string of the molecule is CNC(=O)[C@@H]1CN(Cc2ccc(Oc3ccc(C)cc3F)cc2)CCO1. The van der Waals surface area contributed by atoms with Crippen LogP contribution in [0.4, 0.5) is 4.39 Å². The van der Waals surface area contributed by atoms with Gasteiger partial charge < -0.3 is 14.8 Å². The van der Waals surface area contributed by atoms with Crippen LogP contribution in [0.15, 0.2) is 42.5 Å². The molecule has 0 saturated carbocycles. The summed E-state index contributed by atoms with van der Waals surface area (Å²) in [6.45, 7) is 4.43. The van der Waals surface area contributed by atoms with Gasteiger partial charge in [0.15, 0.2) is 11.6 Å². The number of benzene rings is 2. The summed E-state index contributed by atoms with van der Waals surface area (Å²) in [5.41, 5.74) is 1.95. The molecule has 26 heavy (non-hydrogen) atoms. The van der Waals surface area contributed by atoms with Gasteiger partial charge in [-0.3, -0.25) is 9.69 Å². The van der Waals surface area contributed by atoms with Crippen LogP contribution in [0.25, 0.3) is 0 Å². The van der Waals surface area contributed by atoms with Crippen molar-refractivity contribution in [2.45, 2.75) is 19.6 Å². The number of morpholine rings is 1. The Morgan fingerprint density at radius 1 is 1.31 bits per heavy atom. The number of nitrogens with one attached hydrogen (secondary N) is 1. The molecule has 0 aromatic heterocycles. The number of likely N-dealkylation sites (N-methyl/N-ethyl adjacent to an activating group) is 1. The minimum absolute atomic E-state index is 0.0985. The third-order valence-corrected chi connectivity index (χ3v) is 4.33. The van der Waals surface area contributed by atoms with E-state index in [9.17, 15) is 9.18 Å². The first-order valence-electron chi connectivity index (χ1n) is 8.63. The molecule has 1 N–H and O–H groups in total. The highest BCUT2D eigenvalue weighted by atomic mass is 19.1. The lowest BCUT2D eigenvalue weighted by Gasteiger charge is -2.31. The highest BCUT2D eigenvalue weighted by Crippen LogP contribution is 2.25. The average Bonchev–Trinajstić information content (AvgIpc) is 2.65. The molecule has 1 amide bonds. The number of ether oxygens (including phenoxy) is 2. The third kappa shape index (κ3) is 4.59. The van der Waals surface area contributed by atoms with E-state index in [4.69, 9.17) is 9.47 Å². The average molecular weight is 358 g/mol. The molecule has 0 bridgehead atoms. The summed E-state index contributed by atoms with van der Waals surface area (Å²) in [4.78, 5) is 13.9. The number of rotatable bonds is 5. The van der Waals surface area contributed by atoms with Gasteiger partial charge in [0.1, 0.15) is 11.9 Å². The standard InChI is InChI=1S/C20H23FN2O3/c1-14-3-8-18(17(21)11-14)26-16-6-4-15(5-7-16)12-23-9-10-25-19(13-23)20(24)22-2/h3-8,11,19H,9-10,12-13H2,1-2H3,(H,22,24)/t19-/m0/s1. The summed E-state index contributed by atoms with van der Waals surface area (Å²) in [7, 11) is 1.61. The number of carbonyl (C=O) groups excluding carboxylic acids is 1. The van der Waals surface area contributed by atoms with Crippen molar-refractivity contribution in [1.29, 1.82) is 0 Å². The van der Waals surface area contributed by atoms with Crippen molar-refractivity contribution >= 4 is 5.91 Å². The predicted molar refractivity (Wildman–Crippen MR) is 96.7 cm³/mol. The Balaban J connectivity index is 1.60. The first-order valence-corrected chi connectivity index (χ1v) is 8.63. The van der Waals surface area contributed by atoms with Gasteiger partial charge in [0, 0.05) is 26.7 Å². The monoisotopic (exact) mass is 358 g/mol. The Bertz CT molecular complexity index is 764. The molecule has 0 unspecified atom stereocenters. The molecular formula is C20H23FN2O3. The molecule has 1 aliphatic rings. The maximum atomic E-state index is 13.9. The summed E-state index contributed by atoms with van der Waals surface area (Å²) in [6, 6.07) is 12.4. The molecular weight excluding hydrogens is 335 g/mol. The van der Waals surface area contributed by atoms with Crippen LogP contribution in [0.1, 0.15) is 11.1 Å². The van der Waals surface area contributed by atoms with E-state index in [1.807, 2.05) is 37.3 Å². The number of carbonyl (C=O) groups is 1. The minimum atomic E-state index is -0.430. The second-order valence-electron chi connectivity index (χ2n) is 6.39. The molecule has 1 fully saturated rings. The number of hydrogen-bond donors (Lipinski definition) is 1. The van der Waals surface area contributed by atoms with Crippen molar-refractivity contribution < 1.29 is 18.7 Å². The fourth-order valence-electron chi connectivity index (χ4n) is 2.90. The van der Waals surface area contributed by atoms with Gasteiger partial charge in [-0.15, -0.1) is 0 Å². The smallest absolute Gasteiger partial charge is 0.250 e. The Morgan fingerprint density at radius 3 is 2.77 bits per heavy atom. The lowest BCUT2D eigenvalue weighted by atomic mass is 10.1. The zero-order valence-corrected chi connectivity index (χ0v) is 15.0. The molecule has 1 aliphatic heterocycles. The first-order chi connectivity index (χ1) is 12.5. The van der Waals surface area contributed by atoms with Crippen LogP contribution in [0.3, 0.4) is 0 Å². The van der Waals surface area contributed by atoms with Gasteiger partial charge in [-0.1, -0.05) is 18.2 Å². The maximum absolute atomic E-state index is 13.9. The Hall–Kier alpha value is -2.44. The van der Waals surface area contributed by atoms with Crippen LogP contribution in [0.2, 0.25) is 0 Å². The van der Waals surface area contributed by atoms with Gasteiger partial charge in [-0.05, 0) is 42.3 Å². The van der Waals surface area contributed by atoms with E-state index in [0.717, 1.165) is 24.2 Å². The molecule has 2 aromatic rings. The van der Waals surface area contributed by atoms with Crippen LogP contribution < -0.4 is 10.1 Å². The van der Waals surface area contributed by atoms with E-state index < -0.39 is 6.10 Å². The van der Waals surface area contributed by atoms with Gasteiger partial charge in [-0.25, -0.2) is 4.39 Å². The van der Waals surface area contributed by atoms with Gasteiger partial charge >= 0.3 is 0 Å². The predicted octanol–water partition coefficient (Wildman–Crippen LogP) is 2.87. The topological polar surface area (TPSA) is 50.8 Å². The van der Waals surface area contributed by atoms with E-state index in [1.165, 1.54) is 6.07 Å². The van der Waals surface area contributed by atoms with Crippen molar-refractivity contribution in [3.8, 4) is 11.5 Å². The van der Waals surface area contributed by atoms with E-state index >= 15 is 0 Å². The van der Waals surface area contributed by atoms with Crippen LogP contribution in [0, 0.1) is 12.7 Å². The summed E-state index contributed by atoms with van der Waals surface area (Å²) in [6.07, 6.45) is -0.430. The molecule has 138 valence electrons. The number of aryl methyl sites for hydroxylation is 1. The Labute approximate surface area is 152 Å². The quantitative estimate of drug-likeness (QED) is 0.893. The molecule has 1 heterocycles. The van der Waals surface area contributed by atoms with Crippen LogP contribution in [0.5, 0.6) is 11.5 Å². The Morgan fingerprint density at radius 2 is 2.08 bits per heavy atom. The normalized spacial score (nSPS) is 17.7. The van der Waals surface area contributed by atoms with E-state index in [1.54, 1.807) is 13.1 Å². The molecule has 3 rings (SSSR count). The van der Waals surface area contributed by atoms with Crippen molar-refractivity contribution in [1.82, 2.24) is 10.2 Å². The third-order valence-electron chi connectivity index (χ3n) is 4.33. The molecule has 2 aromatic carbocycles. The number of halogens is 1. The highest BCUT2D eigenvalue weighted by molar-refractivity contribution is 5.80. The fraction of sp³-hybridized carbons (Fsp3) is 0.350. The Kier molecular flexibility index (Phi) is 5.85. The summed E-state index contributed by atoms with van der Waals surface area (Å²) in [5.74, 6) is 0.327. The highest BCUT2D eigenvalue weighted by Gasteiger charge is 2.25. The van der Waals surface area contributed by atoms with E-state index in [-0.39, 0.29) is 17.5 Å². The van der Waals surface area contributed by atoms with Crippen LogP contribution in [-0.4, -0.2) is 43.7 Å². The van der Waals surface area contributed by atoms with Crippen molar-refractivity contribution in [3.63, 3.8) is 0 Å². The van der Waals surface area contributed by atoms with Gasteiger partial charge in [0.05, 0.1) is 6.61 Å². The lowest BCUT2D eigenvalue weighted by Crippen LogP contribution is -2.48. The number of nitrogens with zero attached hydrogens (tertiary/aromatic N) is 1. The molecule has 0 spiro atoms. The second kappa shape index (κ2) is 8.29. The summed E-state index contributed by atoms with van der Waals surface area (Å²) >= 11 is 0. The number of hydrogen-bond acceptors (Lipinski definition) is 4. The van der Waals surface area contributed by atoms with E-state index in [0.29, 0.717) is 18.9 Å². The lowest BCUT2D eigenvalue weighted by molar-refractivity contribution is -0.138. The molecule has 0 radical (unpaired) electrons.